The van der Waals surface area contributed by atoms with Crippen LogP contribution in [-0.4, -0.2) is 10.3 Å². The summed E-state index contributed by atoms with van der Waals surface area (Å²) in [6, 6.07) is 40.2. The monoisotopic (exact) mass is 901 g/mol. The summed E-state index contributed by atoms with van der Waals surface area (Å²) in [6.45, 7) is 32.5. The molecule has 2 nitrogen and oxygen atoms in total. The van der Waals surface area contributed by atoms with Gasteiger partial charge in [-0.2, -0.15) is 0 Å². The van der Waals surface area contributed by atoms with E-state index in [-0.39, 0.29) is 11.3 Å². The summed E-state index contributed by atoms with van der Waals surface area (Å²) in [7, 11) is 0. The van der Waals surface area contributed by atoms with Gasteiger partial charge in [0.2, 0.25) is 0 Å². The maximum atomic E-state index is 5.74. The van der Waals surface area contributed by atoms with Crippen molar-refractivity contribution in [2.24, 2.45) is 10.9 Å². The molecule has 0 saturated carbocycles. The van der Waals surface area contributed by atoms with Crippen molar-refractivity contribution in [3.05, 3.63) is 196 Å². The van der Waals surface area contributed by atoms with Gasteiger partial charge in [-0.3, -0.25) is 0 Å². The highest BCUT2D eigenvalue weighted by Gasteiger charge is 2.28. The van der Waals surface area contributed by atoms with Crippen LogP contribution >= 0.6 is 0 Å². The maximum absolute atomic E-state index is 5.74. The van der Waals surface area contributed by atoms with Crippen molar-refractivity contribution in [1.82, 2.24) is 4.57 Å². The van der Waals surface area contributed by atoms with E-state index in [1.165, 1.54) is 122 Å². The van der Waals surface area contributed by atoms with E-state index in [0.717, 1.165) is 41.1 Å². The number of fused-ring (bicyclic) bond motifs is 3. The second-order valence-electron chi connectivity index (χ2n) is 20.3. The first kappa shape index (κ1) is 51.4. The highest BCUT2D eigenvalue weighted by Crippen LogP contribution is 2.47. The molecule has 0 fully saturated rings. The molecular weight excluding hydrogens is 821 g/mol. The molecule has 1 aromatic heterocycles. The maximum Gasteiger partial charge on any atom is 0.0781 e. The van der Waals surface area contributed by atoms with Gasteiger partial charge in [-0.1, -0.05) is 232 Å². The third-order valence-electron chi connectivity index (χ3n) is 13.4. The minimum Gasteiger partial charge on any atom is -0.340 e. The Morgan fingerprint density at radius 2 is 1.28 bits per heavy atom. The Morgan fingerprint density at radius 1 is 0.676 bits per heavy atom. The van der Waals surface area contributed by atoms with Crippen LogP contribution in [0.25, 0.3) is 44.1 Å². The Hall–Kier alpha value is -5.99. The molecule has 1 aliphatic rings. The van der Waals surface area contributed by atoms with Crippen molar-refractivity contribution in [1.29, 1.82) is 0 Å². The SMILES string of the molecule is C=C(C(=Nc1c(C2=CC=C(c3ccc4c5ccc(C(C)(C)C)cc5n(CCCCCCCC)c4c3)[C@@H]2CC)ccc(/C(C)=C/C=C(\C)C=C(C)C)c1C)c1ccccc1)c1ccccc1.CCC. The van der Waals surface area contributed by atoms with Crippen LogP contribution in [0.5, 0.6) is 0 Å². The number of unbranched alkanes of at least 4 members (excludes halogenated alkanes) is 5. The fraction of sp³-hybridized carbons (Fsp3) is 0.348. The standard InChI is InChI=1S/C63H72N2.C3H8/c1-12-14-15-16-17-24-39-65-59-41-50(31-33-56(59)57-34-32-51(42-60(57)65)63(9,10)11)54-36-37-55(52(54)13-2)58-38-35-53(45(6)30-29-44(5)40-43(3)4)47(8)62(58)64-61(49-27-22-19-23-28-49)46(7)48-25-20-18-21-26-48;1-3-2/h18-23,25-38,40-42,52H,7,12-17,24,39H2,1-6,8-11H3;3H2,1-2H3/b44-29+,45-30+,64-61?;/t52-;/m0./s1. The fourth-order valence-electron chi connectivity index (χ4n) is 9.77. The highest BCUT2D eigenvalue weighted by atomic mass is 15.0. The van der Waals surface area contributed by atoms with Crippen LogP contribution < -0.4 is 0 Å². The van der Waals surface area contributed by atoms with Crippen LogP contribution in [0.3, 0.4) is 0 Å². The van der Waals surface area contributed by atoms with Crippen LogP contribution in [-0.2, 0) is 12.0 Å². The summed E-state index contributed by atoms with van der Waals surface area (Å²) >= 11 is 0. The molecule has 7 rings (SSSR count). The van der Waals surface area contributed by atoms with E-state index in [1.54, 1.807) is 0 Å². The smallest absolute Gasteiger partial charge is 0.0781 e. The fourth-order valence-corrected chi connectivity index (χ4v) is 9.77. The summed E-state index contributed by atoms with van der Waals surface area (Å²) in [5.41, 5.74) is 20.4. The molecule has 0 unspecified atom stereocenters. The number of benzene rings is 5. The molecule has 0 radical (unpaired) electrons. The average Bonchev–Trinajstić information content (AvgIpc) is 3.90. The summed E-state index contributed by atoms with van der Waals surface area (Å²) in [4.78, 5) is 5.74. The summed E-state index contributed by atoms with van der Waals surface area (Å²) in [5, 5.41) is 2.70. The lowest BCUT2D eigenvalue weighted by atomic mass is 9.83. The van der Waals surface area contributed by atoms with E-state index in [4.69, 9.17) is 4.99 Å². The van der Waals surface area contributed by atoms with Crippen molar-refractivity contribution in [2.75, 3.05) is 0 Å². The number of hydrogen-bond acceptors (Lipinski definition) is 1. The summed E-state index contributed by atoms with van der Waals surface area (Å²) in [6.07, 6.45) is 21.4. The molecule has 1 aliphatic carbocycles. The Morgan fingerprint density at radius 3 is 1.91 bits per heavy atom. The zero-order chi connectivity index (χ0) is 49.0. The molecule has 5 aromatic carbocycles. The van der Waals surface area contributed by atoms with Gasteiger partial charge in [0, 0.05) is 51.0 Å². The molecule has 68 heavy (non-hydrogen) atoms. The van der Waals surface area contributed by atoms with Crippen LogP contribution in [0.2, 0.25) is 0 Å². The largest absolute Gasteiger partial charge is 0.340 e. The quantitative estimate of drug-likeness (QED) is 0.0493. The molecule has 0 saturated heterocycles. The van der Waals surface area contributed by atoms with Gasteiger partial charge in [0.15, 0.2) is 0 Å². The van der Waals surface area contributed by atoms with Gasteiger partial charge >= 0.3 is 0 Å². The second-order valence-corrected chi connectivity index (χ2v) is 20.3. The normalized spacial score (nSPS) is 14.5. The number of allylic oxidation sites excluding steroid dienone is 11. The lowest BCUT2D eigenvalue weighted by Gasteiger charge is -2.23. The van der Waals surface area contributed by atoms with Crippen molar-refractivity contribution in [3.8, 4) is 0 Å². The number of hydrogen-bond donors (Lipinski definition) is 0. The first-order chi connectivity index (χ1) is 32.7. The van der Waals surface area contributed by atoms with Gasteiger partial charge in [-0.15, -0.1) is 0 Å². The van der Waals surface area contributed by atoms with Gasteiger partial charge in [-0.25, -0.2) is 4.99 Å². The van der Waals surface area contributed by atoms with Crippen LogP contribution in [0.1, 0.15) is 166 Å². The zero-order valence-corrected chi connectivity index (χ0v) is 43.8. The molecule has 0 amide bonds. The van der Waals surface area contributed by atoms with E-state index in [1.807, 2.05) is 0 Å². The van der Waals surface area contributed by atoms with Gasteiger partial charge < -0.3 is 4.57 Å². The zero-order valence-electron chi connectivity index (χ0n) is 43.8. The van der Waals surface area contributed by atoms with E-state index in [2.05, 4.69) is 234 Å². The van der Waals surface area contributed by atoms with Crippen LogP contribution in [0.4, 0.5) is 5.69 Å². The number of nitrogens with zero attached hydrogens (tertiary/aromatic N) is 2. The number of rotatable bonds is 17. The molecule has 0 aliphatic heterocycles. The molecule has 2 heteroatoms. The Bertz CT molecular complexity index is 2870. The second kappa shape index (κ2) is 23.8. The summed E-state index contributed by atoms with van der Waals surface area (Å²) < 4.78 is 2.64. The van der Waals surface area contributed by atoms with Gasteiger partial charge in [-0.05, 0) is 110 Å². The third-order valence-corrected chi connectivity index (χ3v) is 13.4. The first-order valence-corrected chi connectivity index (χ1v) is 25.7. The van der Waals surface area contributed by atoms with Crippen molar-refractivity contribution < 1.29 is 0 Å². The molecule has 0 bridgehead atoms. The van der Waals surface area contributed by atoms with Gasteiger partial charge in [0.05, 0.1) is 11.4 Å². The number of aliphatic imine (C=N–C) groups is 1. The molecule has 0 spiro atoms. The van der Waals surface area contributed by atoms with Crippen LogP contribution in [0.15, 0.2) is 162 Å². The lowest BCUT2D eigenvalue weighted by Crippen LogP contribution is -2.11. The minimum absolute atomic E-state index is 0.0818. The van der Waals surface area contributed by atoms with Crippen molar-refractivity contribution >= 4 is 55.5 Å². The molecule has 1 atom stereocenters. The third kappa shape index (κ3) is 12.2. The average molecular weight is 901 g/mol. The van der Waals surface area contributed by atoms with E-state index >= 15 is 0 Å². The van der Waals surface area contributed by atoms with Gasteiger partial charge in [0.25, 0.3) is 0 Å². The van der Waals surface area contributed by atoms with E-state index in [9.17, 15) is 0 Å². The van der Waals surface area contributed by atoms with Crippen molar-refractivity contribution in [2.45, 2.75) is 146 Å². The van der Waals surface area contributed by atoms with E-state index < -0.39 is 0 Å². The van der Waals surface area contributed by atoms with Crippen LogP contribution in [0, 0.1) is 12.8 Å². The predicted molar refractivity (Wildman–Crippen MR) is 303 cm³/mol. The predicted octanol–water partition coefficient (Wildman–Crippen LogP) is 19.8. The van der Waals surface area contributed by atoms with E-state index in [0.29, 0.717) is 0 Å². The summed E-state index contributed by atoms with van der Waals surface area (Å²) in [5.74, 6) is 0.208. The Kier molecular flexibility index (Phi) is 18.0. The Balaban J connectivity index is 0.00000247. The minimum atomic E-state index is 0.0818. The molecule has 6 aromatic rings. The molecule has 1 heterocycles. The topological polar surface area (TPSA) is 17.3 Å². The number of aryl methyl sites for hydroxylation is 1. The first-order valence-electron chi connectivity index (χ1n) is 25.7. The van der Waals surface area contributed by atoms with Gasteiger partial charge in [0.1, 0.15) is 0 Å². The van der Waals surface area contributed by atoms with Crippen molar-refractivity contribution in [3.63, 3.8) is 0 Å². The molecular formula is C66H80N2. The number of aromatic nitrogens is 1. The molecule has 0 N–H and O–H groups in total. The lowest BCUT2D eigenvalue weighted by molar-refractivity contribution is 0.570. The Labute approximate surface area is 411 Å². The highest BCUT2D eigenvalue weighted by molar-refractivity contribution is 6.32. The molecule has 354 valence electrons.